The van der Waals surface area contributed by atoms with Gasteiger partial charge >= 0.3 is 5.97 Å². The molecular weight excluding hydrogens is 362 g/mol. The number of methoxy groups -OCH3 is 1. The summed E-state index contributed by atoms with van der Waals surface area (Å²) in [5.74, 6) is 0.273. The molecule has 0 aliphatic heterocycles. The number of aryl methyl sites for hydroxylation is 2. The van der Waals surface area contributed by atoms with Gasteiger partial charge in [0.15, 0.2) is 5.76 Å². The average molecular weight is 380 g/mol. The van der Waals surface area contributed by atoms with Crippen LogP contribution in [0, 0.1) is 13.8 Å². The molecule has 1 N–H and O–H groups in total. The fourth-order valence-corrected chi connectivity index (χ4v) is 3.60. The third kappa shape index (κ3) is 2.92. The molecule has 4 rings (SSSR count). The highest BCUT2D eigenvalue weighted by Crippen LogP contribution is 2.40. The SMILES string of the molecule is COC(=O)c1ccc(-c2ccc(-c3oc4c(C)ccc(C)c4c3Cl)[nH]2)cc1. The summed E-state index contributed by atoms with van der Waals surface area (Å²) in [4.78, 5) is 14.9. The zero-order valence-corrected chi connectivity index (χ0v) is 16.0. The van der Waals surface area contributed by atoms with Crippen LogP contribution >= 0.6 is 11.6 Å². The van der Waals surface area contributed by atoms with E-state index in [2.05, 4.69) is 4.98 Å². The molecule has 136 valence electrons. The molecule has 0 saturated carbocycles. The minimum absolute atomic E-state index is 0.353. The maximum Gasteiger partial charge on any atom is 0.337 e. The maximum absolute atomic E-state index is 11.6. The third-order valence-electron chi connectivity index (χ3n) is 4.73. The molecule has 0 fully saturated rings. The molecule has 0 amide bonds. The standard InChI is InChI=1S/C22H18ClNO3/c1-12-4-5-13(2)20-18(12)19(23)21(27-20)17-11-10-16(24-17)14-6-8-15(9-7-14)22(25)26-3/h4-11,24H,1-3H3. The second-order valence-electron chi connectivity index (χ2n) is 6.50. The first kappa shape index (κ1) is 17.4. The molecule has 0 spiro atoms. The summed E-state index contributed by atoms with van der Waals surface area (Å²) in [5, 5.41) is 1.56. The Morgan fingerprint density at radius 3 is 2.30 bits per heavy atom. The first-order valence-electron chi connectivity index (χ1n) is 8.56. The molecule has 0 saturated heterocycles. The lowest BCUT2D eigenvalue weighted by molar-refractivity contribution is 0.0601. The third-order valence-corrected chi connectivity index (χ3v) is 5.09. The number of rotatable bonds is 3. The molecule has 0 atom stereocenters. The summed E-state index contributed by atoms with van der Waals surface area (Å²) in [7, 11) is 1.37. The number of benzene rings is 2. The summed E-state index contributed by atoms with van der Waals surface area (Å²) in [6, 6.07) is 15.2. The molecule has 0 unspecified atom stereocenters. The number of esters is 1. The van der Waals surface area contributed by atoms with E-state index in [0.717, 1.165) is 39.0 Å². The Hall–Kier alpha value is -2.98. The smallest absolute Gasteiger partial charge is 0.337 e. The fourth-order valence-electron chi connectivity index (χ4n) is 3.22. The second kappa shape index (κ2) is 6.63. The van der Waals surface area contributed by atoms with E-state index in [4.69, 9.17) is 20.8 Å². The van der Waals surface area contributed by atoms with Gasteiger partial charge in [-0.25, -0.2) is 4.79 Å². The fraction of sp³-hybridized carbons (Fsp3) is 0.136. The number of carbonyl (C=O) groups is 1. The van der Waals surface area contributed by atoms with Crippen molar-refractivity contribution in [3.63, 3.8) is 0 Å². The van der Waals surface area contributed by atoms with Crippen molar-refractivity contribution in [1.29, 1.82) is 0 Å². The van der Waals surface area contributed by atoms with Gasteiger partial charge in [0.05, 0.1) is 23.4 Å². The molecule has 2 heterocycles. The van der Waals surface area contributed by atoms with Crippen LogP contribution in [0.2, 0.25) is 5.02 Å². The summed E-state index contributed by atoms with van der Waals surface area (Å²) in [5.41, 5.74) is 6.13. The Bertz CT molecular complexity index is 1150. The number of fused-ring (bicyclic) bond motifs is 1. The second-order valence-corrected chi connectivity index (χ2v) is 6.88. The zero-order valence-electron chi connectivity index (χ0n) is 15.2. The van der Waals surface area contributed by atoms with E-state index < -0.39 is 0 Å². The number of ether oxygens (including phenoxy) is 1. The Morgan fingerprint density at radius 2 is 1.63 bits per heavy atom. The van der Waals surface area contributed by atoms with E-state index in [1.807, 2.05) is 50.2 Å². The first-order valence-corrected chi connectivity index (χ1v) is 8.93. The van der Waals surface area contributed by atoms with Crippen molar-refractivity contribution >= 4 is 28.5 Å². The van der Waals surface area contributed by atoms with E-state index in [9.17, 15) is 4.79 Å². The Balaban J connectivity index is 1.74. The molecule has 0 bridgehead atoms. The van der Waals surface area contributed by atoms with Crippen LogP contribution in [0.25, 0.3) is 33.7 Å². The number of halogens is 1. The van der Waals surface area contributed by atoms with Crippen LogP contribution in [0.4, 0.5) is 0 Å². The number of hydrogen-bond acceptors (Lipinski definition) is 3. The van der Waals surface area contributed by atoms with Crippen LogP contribution in [-0.2, 0) is 4.74 Å². The highest BCUT2D eigenvalue weighted by atomic mass is 35.5. The van der Waals surface area contributed by atoms with Crippen LogP contribution in [-0.4, -0.2) is 18.1 Å². The molecule has 0 radical (unpaired) electrons. The quantitative estimate of drug-likeness (QED) is 0.434. The van der Waals surface area contributed by atoms with E-state index in [1.54, 1.807) is 12.1 Å². The largest absolute Gasteiger partial charge is 0.465 e. The van der Waals surface area contributed by atoms with Crippen LogP contribution in [0.3, 0.4) is 0 Å². The minimum atomic E-state index is -0.353. The first-order chi connectivity index (χ1) is 13.0. The summed E-state index contributed by atoms with van der Waals surface area (Å²) in [6.07, 6.45) is 0. The molecule has 5 heteroatoms. The van der Waals surface area contributed by atoms with Gasteiger partial charge in [-0.05, 0) is 54.8 Å². The van der Waals surface area contributed by atoms with Crippen LogP contribution < -0.4 is 0 Å². The van der Waals surface area contributed by atoms with Crippen LogP contribution in [0.15, 0.2) is 52.9 Å². The minimum Gasteiger partial charge on any atom is -0.465 e. The van der Waals surface area contributed by atoms with E-state index in [-0.39, 0.29) is 5.97 Å². The van der Waals surface area contributed by atoms with Gasteiger partial charge in [0.2, 0.25) is 0 Å². The van der Waals surface area contributed by atoms with Crippen LogP contribution in [0.5, 0.6) is 0 Å². The van der Waals surface area contributed by atoms with Crippen molar-refractivity contribution in [3.05, 3.63) is 70.2 Å². The summed E-state index contributed by atoms with van der Waals surface area (Å²) >= 11 is 6.63. The number of aromatic nitrogens is 1. The monoisotopic (exact) mass is 379 g/mol. The lowest BCUT2D eigenvalue weighted by Crippen LogP contribution is -2.00. The normalized spacial score (nSPS) is 11.1. The van der Waals surface area contributed by atoms with Gasteiger partial charge in [-0.15, -0.1) is 0 Å². The molecule has 4 nitrogen and oxygen atoms in total. The summed E-state index contributed by atoms with van der Waals surface area (Å²) in [6.45, 7) is 4.03. The number of furan rings is 1. The van der Waals surface area contributed by atoms with Gasteiger partial charge in [0, 0.05) is 11.1 Å². The number of aromatic amines is 1. The van der Waals surface area contributed by atoms with Gasteiger partial charge in [-0.3, -0.25) is 0 Å². The molecule has 27 heavy (non-hydrogen) atoms. The van der Waals surface area contributed by atoms with Crippen molar-refractivity contribution in [2.75, 3.05) is 7.11 Å². The summed E-state index contributed by atoms with van der Waals surface area (Å²) < 4.78 is 10.8. The van der Waals surface area contributed by atoms with Crippen molar-refractivity contribution < 1.29 is 13.9 Å². The zero-order chi connectivity index (χ0) is 19.1. The Kier molecular flexibility index (Phi) is 4.28. The molecular formula is C22H18ClNO3. The predicted octanol–water partition coefficient (Wildman–Crippen LogP) is 6.15. The van der Waals surface area contributed by atoms with Crippen LogP contribution in [0.1, 0.15) is 21.5 Å². The van der Waals surface area contributed by atoms with E-state index in [0.29, 0.717) is 16.3 Å². The number of hydrogen-bond donors (Lipinski definition) is 1. The van der Waals surface area contributed by atoms with Crippen molar-refractivity contribution in [1.82, 2.24) is 4.98 Å². The topological polar surface area (TPSA) is 55.2 Å². The Labute approximate surface area is 161 Å². The molecule has 0 aliphatic carbocycles. The van der Waals surface area contributed by atoms with Gasteiger partial charge < -0.3 is 14.1 Å². The van der Waals surface area contributed by atoms with Crippen molar-refractivity contribution in [3.8, 4) is 22.7 Å². The van der Waals surface area contributed by atoms with Gasteiger partial charge in [0.1, 0.15) is 5.58 Å². The number of carbonyl (C=O) groups excluding carboxylic acids is 1. The van der Waals surface area contributed by atoms with Crippen molar-refractivity contribution in [2.24, 2.45) is 0 Å². The number of H-pyrrole nitrogens is 1. The molecule has 2 aromatic heterocycles. The van der Waals surface area contributed by atoms with Crippen molar-refractivity contribution in [2.45, 2.75) is 13.8 Å². The Morgan fingerprint density at radius 1 is 0.963 bits per heavy atom. The van der Waals surface area contributed by atoms with Gasteiger partial charge in [-0.1, -0.05) is 35.9 Å². The molecule has 0 aliphatic rings. The lowest BCUT2D eigenvalue weighted by atomic mass is 10.1. The highest BCUT2D eigenvalue weighted by Gasteiger charge is 2.19. The predicted molar refractivity (Wildman–Crippen MR) is 107 cm³/mol. The van der Waals surface area contributed by atoms with E-state index >= 15 is 0 Å². The van der Waals surface area contributed by atoms with Gasteiger partial charge in [0.25, 0.3) is 0 Å². The molecule has 4 aromatic rings. The number of nitrogens with one attached hydrogen (secondary N) is 1. The maximum atomic E-state index is 11.6. The van der Waals surface area contributed by atoms with Gasteiger partial charge in [-0.2, -0.15) is 0 Å². The average Bonchev–Trinajstić information content (AvgIpc) is 3.30. The van der Waals surface area contributed by atoms with E-state index in [1.165, 1.54) is 7.11 Å². The molecule has 2 aromatic carbocycles. The highest BCUT2D eigenvalue weighted by molar-refractivity contribution is 6.38. The lowest BCUT2D eigenvalue weighted by Gasteiger charge is -2.01.